The molecule has 1 aromatic heterocycles. The largest absolute Gasteiger partial charge is 0.422 e. The van der Waals surface area contributed by atoms with Crippen LogP contribution in [0.5, 0.6) is 5.75 Å². The van der Waals surface area contributed by atoms with E-state index in [0.29, 0.717) is 22.4 Å². The maximum Gasteiger partial charge on any atom is 0.343 e. The van der Waals surface area contributed by atoms with Gasteiger partial charge in [0.05, 0.1) is 11.8 Å². The Morgan fingerprint density at radius 2 is 1.86 bits per heavy atom. The first-order valence-corrected chi connectivity index (χ1v) is 9.14. The van der Waals surface area contributed by atoms with Gasteiger partial charge in [0.1, 0.15) is 5.75 Å². The average molecular weight is 438 g/mol. The Morgan fingerprint density at radius 3 is 2.61 bits per heavy atom. The second-order valence-corrected chi connectivity index (χ2v) is 6.74. The van der Waals surface area contributed by atoms with E-state index in [9.17, 15) is 9.59 Å². The van der Waals surface area contributed by atoms with Gasteiger partial charge in [-0.3, -0.25) is 9.78 Å². The van der Waals surface area contributed by atoms with Gasteiger partial charge < -0.3 is 4.74 Å². The summed E-state index contributed by atoms with van der Waals surface area (Å²) in [5.74, 6) is -0.499. The van der Waals surface area contributed by atoms with Crippen molar-refractivity contribution < 1.29 is 14.3 Å². The van der Waals surface area contributed by atoms with E-state index in [1.54, 1.807) is 42.5 Å². The zero-order chi connectivity index (χ0) is 19.9. The Bertz CT molecular complexity index is 1040. The van der Waals surface area contributed by atoms with Gasteiger partial charge in [-0.2, -0.15) is 5.10 Å². The number of ether oxygens (including phenoxy) is 1. The lowest BCUT2D eigenvalue weighted by Gasteiger charge is -2.09. The Kier molecular flexibility index (Phi) is 6.29. The second kappa shape index (κ2) is 9.05. The number of carbonyl (C=O) groups excluding carboxylic acids is 2. The number of rotatable bonds is 5. The van der Waals surface area contributed by atoms with Crippen molar-refractivity contribution in [2.24, 2.45) is 5.10 Å². The molecule has 0 spiro atoms. The van der Waals surface area contributed by atoms with Crippen LogP contribution in [0.4, 0.5) is 0 Å². The van der Waals surface area contributed by atoms with Crippen molar-refractivity contribution in [3.05, 3.63) is 93.7 Å². The summed E-state index contributed by atoms with van der Waals surface area (Å²) in [6.45, 7) is 1.84. The number of amides is 1. The lowest BCUT2D eigenvalue weighted by molar-refractivity contribution is 0.0733. The van der Waals surface area contributed by atoms with Crippen molar-refractivity contribution in [2.45, 2.75) is 6.92 Å². The molecule has 1 heterocycles. The van der Waals surface area contributed by atoms with Crippen molar-refractivity contribution in [3.63, 3.8) is 0 Å². The van der Waals surface area contributed by atoms with Crippen LogP contribution in [0.25, 0.3) is 0 Å². The summed E-state index contributed by atoms with van der Waals surface area (Å²) in [6.07, 6.45) is 4.47. The predicted molar refractivity (Wildman–Crippen MR) is 110 cm³/mol. The number of esters is 1. The number of aryl methyl sites for hydroxylation is 1. The molecule has 6 nitrogen and oxygen atoms in total. The maximum atomic E-state index is 12.5. The number of halogens is 1. The van der Waals surface area contributed by atoms with Crippen LogP contribution >= 0.6 is 15.9 Å². The standard InChI is InChI=1S/C21H16BrN3O3/c1-14-4-2-3-5-18(14)21(27)28-19-7-6-17(22)12-16(19)13-24-25-20(26)15-8-10-23-11-9-15/h2-13H,1H3,(H,25,26)/b24-13+. The number of aromatic nitrogens is 1. The van der Waals surface area contributed by atoms with Crippen LogP contribution in [0.1, 0.15) is 31.8 Å². The van der Waals surface area contributed by atoms with Crippen molar-refractivity contribution in [1.82, 2.24) is 10.4 Å². The van der Waals surface area contributed by atoms with E-state index in [1.807, 2.05) is 19.1 Å². The number of hydrazone groups is 1. The molecule has 3 rings (SSSR count). The molecule has 2 aromatic carbocycles. The van der Waals surface area contributed by atoms with Crippen LogP contribution in [0.2, 0.25) is 0 Å². The third-order valence-electron chi connectivity index (χ3n) is 3.85. The number of hydrogen-bond acceptors (Lipinski definition) is 5. The molecular formula is C21H16BrN3O3. The van der Waals surface area contributed by atoms with E-state index in [0.717, 1.165) is 10.0 Å². The first-order valence-electron chi connectivity index (χ1n) is 8.35. The van der Waals surface area contributed by atoms with E-state index < -0.39 is 5.97 Å². The van der Waals surface area contributed by atoms with Crippen LogP contribution in [0, 0.1) is 6.92 Å². The lowest BCUT2D eigenvalue weighted by atomic mass is 10.1. The Labute approximate surface area is 170 Å². The third kappa shape index (κ3) is 4.89. The van der Waals surface area contributed by atoms with E-state index >= 15 is 0 Å². The van der Waals surface area contributed by atoms with Gasteiger partial charge in [0.15, 0.2) is 0 Å². The first-order chi connectivity index (χ1) is 13.5. The van der Waals surface area contributed by atoms with E-state index in [-0.39, 0.29) is 5.91 Å². The van der Waals surface area contributed by atoms with Crippen LogP contribution < -0.4 is 10.2 Å². The average Bonchev–Trinajstić information content (AvgIpc) is 2.70. The zero-order valence-electron chi connectivity index (χ0n) is 14.9. The molecule has 0 saturated carbocycles. The van der Waals surface area contributed by atoms with E-state index in [4.69, 9.17) is 4.74 Å². The molecule has 0 aliphatic carbocycles. The molecule has 0 saturated heterocycles. The van der Waals surface area contributed by atoms with Crippen LogP contribution in [-0.2, 0) is 0 Å². The summed E-state index contributed by atoms with van der Waals surface area (Å²) in [4.78, 5) is 28.4. The van der Waals surface area contributed by atoms with E-state index in [1.165, 1.54) is 18.6 Å². The normalized spacial score (nSPS) is 10.6. The summed E-state index contributed by atoms with van der Waals surface area (Å²) in [6, 6.07) is 15.5. The van der Waals surface area contributed by atoms with Gasteiger partial charge >= 0.3 is 5.97 Å². The molecule has 0 aliphatic rings. The summed E-state index contributed by atoms with van der Waals surface area (Å²) in [7, 11) is 0. The minimum atomic E-state index is -0.462. The highest BCUT2D eigenvalue weighted by atomic mass is 79.9. The third-order valence-corrected chi connectivity index (χ3v) is 4.34. The van der Waals surface area contributed by atoms with Gasteiger partial charge in [0, 0.05) is 28.0 Å². The monoisotopic (exact) mass is 437 g/mol. The molecule has 7 heteroatoms. The quantitative estimate of drug-likeness (QED) is 0.281. The number of benzene rings is 2. The minimum Gasteiger partial charge on any atom is -0.422 e. The van der Waals surface area contributed by atoms with Crippen molar-refractivity contribution in [2.75, 3.05) is 0 Å². The molecule has 0 aliphatic heterocycles. The molecule has 1 N–H and O–H groups in total. The summed E-state index contributed by atoms with van der Waals surface area (Å²) in [5.41, 5.74) is 4.72. The summed E-state index contributed by atoms with van der Waals surface area (Å²) in [5, 5.41) is 3.96. The highest BCUT2D eigenvalue weighted by molar-refractivity contribution is 9.10. The van der Waals surface area contributed by atoms with Crippen molar-refractivity contribution in [1.29, 1.82) is 0 Å². The molecule has 1 amide bonds. The van der Waals surface area contributed by atoms with Crippen LogP contribution in [0.3, 0.4) is 0 Å². The zero-order valence-corrected chi connectivity index (χ0v) is 16.5. The topological polar surface area (TPSA) is 80.6 Å². The molecule has 140 valence electrons. The number of hydrogen-bond donors (Lipinski definition) is 1. The number of nitrogens with zero attached hydrogens (tertiary/aromatic N) is 2. The maximum absolute atomic E-state index is 12.5. The molecule has 3 aromatic rings. The van der Waals surface area contributed by atoms with Crippen LogP contribution in [-0.4, -0.2) is 23.1 Å². The van der Waals surface area contributed by atoms with Gasteiger partial charge in [0.25, 0.3) is 5.91 Å². The number of pyridine rings is 1. The number of carbonyl (C=O) groups is 2. The van der Waals surface area contributed by atoms with Gasteiger partial charge in [0.2, 0.25) is 0 Å². The predicted octanol–water partition coefficient (Wildman–Crippen LogP) is 4.14. The molecule has 28 heavy (non-hydrogen) atoms. The van der Waals surface area contributed by atoms with Crippen molar-refractivity contribution >= 4 is 34.0 Å². The van der Waals surface area contributed by atoms with Gasteiger partial charge in [-0.05, 0) is 48.9 Å². The molecule has 0 radical (unpaired) electrons. The van der Waals surface area contributed by atoms with Gasteiger partial charge in [-0.15, -0.1) is 0 Å². The lowest BCUT2D eigenvalue weighted by Crippen LogP contribution is -2.17. The van der Waals surface area contributed by atoms with Crippen molar-refractivity contribution in [3.8, 4) is 5.75 Å². The molecule has 0 unspecified atom stereocenters. The fourth-order valence-corrected chi connectivity index (χ4v) is 2.78. The van der Waals surface area contributed by atoms with Gasteiger partial charge in [-0.25, -0.2) is 10.2 Å². The number of nitrogens with one attached hydrogen (secondary N) is 1. The molecule has 0 bridgehead atoms. The smallest absolute Gasteiger partial charge is 0.343 e. The molecular weight excluding hydrogens is 422 g/mol. The molecule has 0 atom stereocenters. The summed E-state index contributed by atoms with van der Waals surface area (Å²) >= 11 is 3.38. The fraction of sp³-hybridized carbons (Fsp3) is 0.0476. The Balaban J connectivity index is 1.76. The highest BCUT2D eigenvalue weighted by Crippen LogP contribution is 2.23. The SMILES string of the molecule is Cc1ccccc1C(=O)Oc1ccc(Br)cc1/C=N/NC(=O)c1ccncc1. The molecule has 0 fully saturated rings. The first kappa shape index (κ1) is 19.4. The van der Waals surface area contributed by atoms with Gasteiger partial charge in [-0.1, -0.05) is 34.1 Å². The Morgan fingerprint density at radius 1 is 1.11 bits per heavy atom. The van der Waals surface area contributed by atoms with E-state index in [2.05, 4.69) is 31.4 Å². The Hall–Kier alpha value is -3.32. The fourth-order valence-electron chi connectivity index (χ4n) is 2.40. The minimum absolute atomic E-state index is 0.332. The highest BCUT2D eigenvalue weighted by Gasteiger charge is 2.13. The second-order valence-electron chi connectivity index (χ2n) is 5.82. The van der Waals surface area contributed by atoms with Crippen LogP contribution in [0.15, 0.2) is 76.6 Å². The summed E-state index contributed by atoms with van der Waals surface area (Å²) < 4.78 is 6.32.